The molecule has 0 aliphatic rings. The van der Waals surface area contributed by atoms with Crippen LogP contribution in [0, 0.1) is 0 Å². The Morgan fingerprint density at radius 3 is 3.15 bits per heavy atom. The van der Waals surface area contributed by atoms with Crippen LogP contribution in [-0.4, -0.2) is 27.2 Å². The number of imidazole rings is 1. The third-order valence-electron chi connectivity index (χ3n) is 1.61. The zero-order chi connectivity index (χ0) is 9.68. The molecule has 5 nitrogen and oxygen atoms in total. The molecule has 0 aromatic carbocycles. The molecule has 0 saturated carbocycles. The minimum absolute atomic E-state index is 0.269. The Bertz CT molecular complexity index is 283. The Morgan fingerprint density at radius 2 is 2.54 bits per heavy atom. The van der Waals surface area contributed by atoms with E-state index >= 15 is 0 Å². The van der Waals surface area contributed by atoms with Crippen LogP contribution in [0.4, 0.5) is 0 Å². The zero-order valence-electron chi connectivity index (χ0n) is 7.43. The fraction of sp³-hybridized carbons (Fsp3) is 0.500. The highest BCUT2D eigenvalue weighted by atomic mass is 16.5. The number of nitrogens with zero attached hydrogens (tertiary/aromatic N) is 2. The third-order valence-corrected chi connectivity index (χ3v) is 1.61. The number of carboxylic acids is 1. The molecule has 1 rings (SSSR count). The second kappa shape index (κ2) is 4.61. The van der Waals surface area contributed by atoms with Crippen molar-refractivity contribution < 1.29 is 14.6 Å². The summed E-state index contributed by atoms with van der Waals surface area (Å²) in [5, 5.41) is 8.32. The number of aromatic nitrogens is 2. The summed E-state index contributed by atoms with van der Waals surface area (Å²) in [5.74, 6) is -0.956. The number of ether oxygens (including phenoxy) is 1. The second-order valence-corrected chi connectivity index (χ2v) is 2.56. The van der Waals surface area contributed by atoms with Crippen molar-refractivity contribution in [3.05, 3.63) is 18.2 Å². The van der Waals surface area contributed by atoms with Crippen LogP contribution in [0.15, 0.2) is 12.5 Å². The summed E-state index contributed by atoms with van der Waals surface area (Å²) in [4.78, 5) is 14.1. The van der Waals surface area contributed by atoms with Gasteiger partial charge in [-0.2, -0.15) is 0 Å². The second-order valence-electron chi connectivity index (χ2n) is 2.56. The van der Waals surface area contributed by atoms with E-state index in [0.717, 1.165) is 12.2 Å². The van der Waals surface area contributed by atoms with Crippen molar-refractivity contribution in [2.75, 3.05) is 6.61 Å². The van der Waals surface area contributed by atoms with Gasteiger partial charge in [-0.3, -0.25) is 0 Å². The third kappa shape index (κ3) is 2.87. The highest BCUT2D eigenvalue weighted by molar-refractivity contribution is 5.67. The lowest BCUT2D eigenvalue weighted by Crippen LogP contribution is -2.08. The number of carboxylic acid groups (broad SMARTS) is 1. The molecule has 0 bridgehead atoms. The van der Waals surface area contributed by atoms with E-state index in [1.54, 1.807) is 12.5 Å². The summed E-state index contributed by atoms with van der Waals surface area (Å²) in [7, 11) is 0. The van der Waals surface area contributed by atoms with E-state index in [9.17, 15) is 4.79 Å². The smallest absolute Gasteiger partial charge is 0.329 e. The maximum absolute atomic E-state index is 10.1. The first kappa shape index (κ1) is 9.73. The Labute approximate surface area is 76.0 Å². The average Bonchev–Trinajstić information content (AvgIpc) is 2.51. The number of aryl methyl sites for hydroxylation is 1. The zero-order valence-corrected chi connectivity index (χ0v) is 7.43. The Kier molecular flexibility index (Phi) is 3.45. The molecular formula is C8H12N2O3. The van der Waals surface area contributed by atoms with E-state index < -0.39 is 5.97 Å². The van der Waals surface area contributed by atoms with Crippen LogP contribution in [-0.2, 0) is 22.7 Å². The van der Waals surface area contributed by atoms with Gasteiger partial charge in [-0.25, -0.2) is 9.78 Å². The topological polar surface area (TPSA) is 64.4 Å². The lowest BCUT2D eigenvalue weighted by atomic mass is 10.5. The summed E-state index contributed by atoms with van der Waals surface area (Å²) in [5.41, 5.74) is 0.892. The van der Waals surface area contributed by atoms with Gasteiger partial charge in [0.1, 0.15) is 6.61 Å². The van der Waals surface area contributed by atoms with Crippen molar-refractivity contribution in [3.8, 4) is 0 Å². The van der Waals surface area contributed by atoms with Crippen molar-refractivity contribution >= 4 is 5.97 Å². The van der Waals surface area contributed by atoms with E-state index in [0.29, 0.717) is 6.61 Å². The summed E-state index contributed by atoms with van der Waals surface area (Å²) in [6, 6.07) is 0. The molecule has 1 aromatic heterocycles. The summed E-state index contributed by atoms with van der Waals surface area (Å²) in [6.07, 6.45) is 3.37. The normalized spacial score (nSPS) is 10.2. The van der Waals surface area contributed by atoms with Crippen LogP contribution < -0.4 is 0 Å². The van der Waals surface area contributed by atoms with Crippen LogP contribution in [0.3, 0.4) is 0 Å². The summed E-state index contributed by atoms with van der Waals surface area (Å²) in [6.45, 7) is 2.82. The van der Waals surface area contributed by atoms with Gasteiger partial charge in [0, 0.05) is 6.54 Å². The average molecular weight is 184 g/mol. The minimum atomic E-state index is -0.956. The van der Waals surface area contributed by atoms with Gasteiger partial charge in [-0.1, -0.05) is 0 Å². The molecule has 5 heteroatoms. The number of hydrogen-bond acceptors (Lipinski definition) is 3. The van der Waals surface area contributed by atoms with Gasteiger partial charge in [0.2, 0.25) is 0 Å². The van der Waals surface area contributed by atoms with Crippen molar-refractivity contribution in [2.45, 2.75) is 20.1 Å². The van der Waals surface area contributed by atoms with Gasteiger partial charge in [-0.15, -0.1) is 0 Å². The van der Waals surface area contributed by atoms with E-state index in [4.69, 9.17) is 9.84 Å². The van der Waals surface area contributed by atoms with Gasteiger partial charge in [0.15, 0.2) is 0 Å². The fourth-order valence-corrected chi connectivity index (χ4v) is 0.996. The summed E-state index contributed by atoms with van der Waals surface area (Å²) < 4.78 is 6.83. The van der Waals surface area contributed by atoms with Gasteiger partial charge in [0.25, 0.3) is 0 Å². The number of rotatable bonds is 5. The summed E-state index contributed by atoms with van der Waals surface area (Å²) >= 11 is 0. The van der Waals surface area contributed by atoms with Crippen LogP contribution >= 0.6 is 0 Å². The van der Waals surface area contributed by atoms with Crippen LogP contribution in [0.25, 0.3) is 0 Å². The molecule has 1 aromatic rings. The van der Waals surface area contributed by atoms with Crippen molar-refractivity contribution in [2.24, 2.45) is 0 Å². The molecule has 0 saturated heterocycles. The molecule has 1 heterocycles. The molecule has 0 atom stereocenters. The molecule has 0 radical (unpaired) electrons. The first-order valence-corrected chi connectivity index (χ1v) is 4.02. The SMILES string of the molecule is CCn1cncc1COCC(=O)O. The number of hydrogen-bond donors (Lipinski definition) is 1. The van der Waals surface area contributed by atoms with E-state index in [2.05, 4.69) is 4.98 Å². The maximum Gasteiger partial charge on any atom is 0.329 e. The monoisotopic (exact) mass is 184 g/mol. The predicted molar refractivity (Wildman–Crippen MR) is 45.2 cm³/mol. The quantitative estimate of drug-likeness (QED) is 0.723. The maximum atomic E-state index is 10.1. The molecule has 0 unspecified atom stereocenters. The van der Waals surface area contributed by atoms with Crippen LogP contribution in [0.1, 0.15) is 12.6 Å². The molecule has 0 fully saturated rings. The van der Waals surface area contributed by atoms with Gasteiger partial charge in [0.05, 0.1) is 24.8 Å². The lowest BCUT2D eigenvalue weighted by Gasteiger charge is -2.04. The number of carbonyl (C=O) groups is 1. The highest BCUT2D eigenvalue weighted by Gasteiger charge is 2.01. The van der Waals surface area contributed by atoms with Gasteiger partial charge < -0.3 is 14.4 Å². The molecular weight excluding hydrogens is 172 g/mol. The van der Waals surface area contributed by atoms with Crippen molar-refractivity contribution in [1.82, 2.24) is 9.55 Å². The number of aliphatic carboxylic acids is 1. The molecule has 0 aliphatic carbocycles. The Morgan fingerprint density at radius 1 is 1.77 bits per heavy atom. The molecule has 1 N–H and O–H groups in total. The molecule has 0 amide bonds. The standard InChI is InChI=1S/C8H12N2O3/c1-2-10-6-9-3-7(10)4-13-5-8(11)12/h3,6H,2,4-5H2,1H3,(H,11,12). The minimum Gasteiger partial charge on any atom is -0.480 e. The van der Waals surface area contributed by atoms with E-state index in [1.807, 2.05) is 11.5 Å². The van der Waals surface area contributed by atoms with Gasteiger partial charge in [-0.05, 0) is 6.92 Å². The molecule has 0 aliphatic heterocycles. The largest absolute Gasteiger partial charge is 0.480 e. The van der Waals surface area contributed by atoms with Crippen LogP contribution in [0.2, 0.25) is 0 Å². The Balaban J connectivity index is 2.40. The van der Waals surface area contributed by atoms with Crippen molar-refractivity contribution in [1.29, 1.82) is 0 Å². The Hall–Kier alpha value is -1.36. The van der Waals surface area contributed by atoms with Crippen molar-refractivity contribution in [3.63, 3.8) is 0 Å². The highest BCUT2D eigenvalue weighted by Crippen LogP contribution is 2.00. The molecule has 0 spiro atoms. The van der Waals surface area contributed by atoms with E-state index in [1.165, 1.54) is 0 Å². The molecule has 13 heavy (non-hydrogen) atoms. The molecule has 72 valence electrons. The van der Waals surface area contributed by atoms with E-state index in [-0.39, 0.29) is 6.61 Å². The predicted octanol–water partition coefficient (Wildman–Crippen LogP) is 0.504. The van der Waals surface area contributed by atoms with Gasteiger partial charge >= 0.3 is 5.97 Å². The fourth-order valence-electron chi connectivity index (χ4n) is 0.996. The van der Waals surface area contributed by atoms with Crippen LogP contribution in [0.5, 0.6) is 0 Å². The lowest BCUT2D eigenvalue weighted by molar-refractivity contribution is -0.142. The first-order chi connectivity index (χ1) is 6.24. The first-order valence-electron chi connectivity index (χ1n) is 4.02.